The number of nitrogens with one attached hydrogen (secondary N) is 1. The Kier molecular flexibility index (Phi) is 2.15. The van der Waals surface area contributed by atoms with Crippen molar-refractivity contribution in [2.45, 2.75) is 6.92 Å². The third kappa shape index (κ3) is 1.58. The number of benzene rings is 1. The average Bonchev–Trinajstić information content (AvgIpc) is 2.81. The van der Waals surface area contributed by atoms with Crippen molar-refractivity contribution in [3.8, 4) is 11.3 Å². The SMILES string of the molecule is Cc1nc2cc(-c3csc(=S)[nH]3)ccc2o1. The standard InChI is InChI=1S/C11H8N2OS2/c1-6-12-8-4-7(2-3-10(8)14-6)9-5-16-11(15)13-9/h2-5H,1H3,(H,13,15). The van der Waals surface area contributed by atoms with Crippen LogP contribution in [0.25, 0.3) is 22.4 Å². The van der Waals surface area contributed by atoms with Gasteiger partial charge >= 0.3 is 0 Å². The molecule has 2 heterocycles. The zero-order valence-electron chi connectivity index (χ0n) is 8.48. The number of aromatic nitrogens is 2. The van der Waals surface area contributed by atoms with E-state index >= 15 is 0 Å². The number of hydrogen-bond donors (Lipinski definition) is 1. The first-order valence-electron chi connectivity index (χ1n) is 4.78. The highest BCUT2D eigenvalue weighted by Gasteiger charge is 2.05. The first kappa shape index (κ1) is 9.74. The summed E-state index contributed by atoms with van der Waals surface area (Å²) in [6, 6.07) is 5.93. The summed E-state index contributed by atoms with van der Waals surface area (Å²) in [4.78, 5) is 7.44. The molecule has 3 aromatic rings. The van der Waals surface area contributed by atoms with Crippen molar-refractivity contribution >= 4 is 34.7 Å². The van der Waals surface area contributed by atoms with Crippen LogP contribution in [-0.4, -0.2) is 9.97 Å². The molecular weight excluding hydrogens is 240 g/mol. The van der Waals surface area contributed by atoms with Gasteiger partial charge in [-0.15, -0.1) is 11.3 Å². The van der Waals surface area contributed by atoms with Crippen LogP contribution in [0.3, 0.4) is 0 Å². The molecule has 1 aromatic carbocycles. The van der Waals surface area contributed by atoms with E-state index in [1.807, 2.05) is 30.5 Å². The first-order chi connectivity index (χ1) is 7.72. The predicted molar refractivity (Wildman–Crippen MR) is 67.2 cm³/mol. The van der Waals surface area contributed by atoms with Crippen molar-refractivity contribution in [2.24, 2.45) is 0 Å². The zero-order valence-corrected chi connectivity index (χ0v) is 10.1. The molecule has 3 rings (SSSR count). The fraction of sp³-hybridized carbons (Fsp3) is 0.0909. The van der Waals surface area contributed by atoms with Gasteiger partial charge in [0, 0.05) is 17.9 Å². The number of thiazole rings is 1. The van der Waals surface area contributed by atoms with Gasteiger partial charge in [-0.25, -0.2) is 4.98 Å². The number of hydrogen-bond acceptors (Lipinski definition) is 4. The third-order valence-corrected chi connectivity index (χ3v) is 3.39. The Morgan fingerprint density at radius 3 is 3.06 bits per heavy atom. The van der Waals surface area contributed by atoms with Gasteiger partial charge in [0.25, 0.3) is 0 Å². The summed E-state index contributed by atoms with van der Waals surface area (Å²) in [5.41, 5.74) is 3.79. The highest BCUT2D eigenvalue weighted by atomic mass is 32.1. The van der Waals surface area contributed by atoms with E-state index in [1.54, 1.807) is 0 Å². The molecule has 0 fully saturated rings. The molecule has 0 aliphatic heterocycles. The topological polar surface area (TPSA) is 41.8 Å². The minimum atomic E-state index is 0.686. The van der Waals surface area contributed by atoms with Crippen molar-refractivity contribution in [2.75, 3.05) is 0 Å². The fourth-order valence-electron chi connectivity index (χ4n) is 1.63. The highest BCUT2D eigenvalue weighted by molar-refractivity contribution is 7.73. The summed E-state index contributed by atoms with van der Waals surface area (Å²) in [6.07, 6.45) is 0. The number of fused-ring (bicyclic) bond motifs is 1. The van der Waals surface area contributed by atoms with E-state index in [1.165, 1.54) is 11.3 Å². The molecule has 0 atom stereocenters. The van der Waals surface area contributed by atoms with Gasteiger partial charge < -0.3 is 9.40 Å². The van der Waals surface area contributed by atoms with Crippen molar-refractivity contribution in [1.29, 1.82) is 0 Å². The Balaban J connectivity index is 2.21. The lowest BCUT2D eigenvalue weighted by Gasteiger charge is -1.95. The molecule has 0 unspecified atom stereocenters. The van der Waals surface area contributed by atoms with Crippen molar-refractivity contribution in [3.05, 3.63) is 33.4 Å². The van der Waals surface area contributed by atoms with E-state index in [-0.39, 0.29) is 0 Å². The molecule has 80 valence electrons. The normalized spacial score (nSPS) is 11.1. The molecular formula is C11H8N2OS2. The molecule has 0 saturated heterocycles. The molecule has 0 saturated carbocycles. The molecule has 3 nitrogen and oxygen atoms in total. The number of aryl methyl sites for hydroxylation is 1. The van der Waals surface area contributed by atoms with E-state index in [9.17, 15) is 0 Å². The molecule has 2 aromatic heterocycles. The molecule has 0 aliphatic rings. The summed E-state index contributed by atoms with van der Waals surface area (Å²) in [6.45, 7) is 1.84. The van der Waals surface area contributed by atoms with Gasteiger partial charge in [0.05, 0.1) is 5.69 Å². The predicted octanol–water partition coefficient (Wildman–Crippen LogP) is 3.92. The molecule has 0 aliphatic carbocycles. The van der Waals surface area contributed by atoms with Crippen LogP contribution in [0.4, 0.5) is 0 Å². The van der Waals surface area contributed by atoms with Crippen LogP contribution < -0.4 is 0 Å². The summed E-state index contributed by atoms with van der Waals surface area (Å²) >= 11 is 6.59. The Morgan fingerprint density at radius 1 is 1.44 bits per heavy atom. The summed E-state index contributed by atoms with van der Waals surface area (Å²) < 4.78 is 6.21. The minimum Gasteiger partial charge on any atom is -0.441 e. The van der Waals surface area contributed by atoms with Crippen LogP contribution in [0, 0.1) is 10.9 Å². The van der Waals surface area contributed by atoms with Crippen LogP contribution >= 0.6 is 23.6 Å². The van der Waals surface area contributed by atoms with Crippen molar-refractivity contribution < 1.29 is 4.42 Å². The van der Waals surface area contributed by atoms with Crippen LogP contribution in [0.1, 0.15) is 5.89 Å². The van der Waals surface area contributed by atoms with E-state index < -0.39 is 0 Å². The second kappa shape index (κ2) is 3.54. The number of rotatable bonds is 1. The highest BCUT2D eigenvalue weighted by Crippen LogP contribution is 2.24. The Labute approximate surface area is 101 Å². The second-order valence-corrected chi connectivity index (χ2v) is 5.02. The Hall–Kier alpha value is -1.46. The Bertz CT molecular complexity index is 708. The van der Waals surface area contributed by atoms with Gasteiger partial charge in [0.2, 0.25) is 0 Å². The summed E-state index contributed by atoms with van der Waals surface area (Å²) in [5, 5.41) is 2.01. The zero-order chi connectivity index (χ0) is 11.1. The lowest BCUT2D eigenvalue weighted by molar-refractivity contribution is 0.561. The van der Waals surface area contributed by atoms with Crippen LogP contribution in [0.2, 0.25) is 0 Å². The number of oxazole rings is 1. The summed E-state index contributed by atoms with van der Waals surface area (Å²) in [7, 11) is 0. The summed E-state index contributed by atoms with van der Waals surface area (Å²) in [5.74, 6) is 0.686. The van der Waals surface area contributed by atoms with Gasteiger partial charge in [-0.05, 0) is 30.4 Å². The maximum atomic E-state index is 5.42. The van der Waals surface area contributed by atoms with E-state index in [0.717, 1.165) is 26.3 Å². The number of aromatic amines is 1. The second-order valence-electron chi connectivity index (χ2n) is 3.48. The van der Waals surface area contributed by atoms with Gasteiger partial charge in [0.1, 0.15) is 5.52 Å². The third-order valence-electron chi connectivity index (χ3n) is 2.33. The largest absolute Gasteiger partial charge is 0.441 e. The fourth-order valence-corrected chi connectivity index (χ4v) is 2.47. The van der Waals surface area contributed by atoms with Crippen LogP contribution in [-0.2, 0) is 0 Å². The van der Waals surface area contributed by atoms with Crippen molar-refractivity contribution in [1.82, 2.24) is 9.97 Å². The number of nitrogens with zero attached hydrogens (tertiary/aromatic N) is 1. The quantitative estimate of drug-likeness (QED) is 0.664. The first-order valence-corrected chi connectivity index (χ1v) is 6.06. The van der Waals surface area contributed by atoms with E-state index in [2.05, 4.69) is 9.97 Å². The van der Waals surface area contributed by atoms with Crippen LogP contribution in [0.15, 0.2) is 28.0 Å². The maximum absolute atomic E-state index is 5.42. The van der Waals surface area contributed by atoms with Crippen molar-refractivity contribution in [3.63, 3.8) is 0 Å². The molecule has 5 heteroatoms. The monoisotopic (exact) mass is 248 g/mol. The molecule has 16 heavy (non-hydrogen) atoms. The number of H-pyrrole nitrogens is 1. The lowest BCUT2D eigenvalue weighted by atomic mass is 10.1. The van der Waals surface area contributed by atoms with Gasteiger partial charge in [-0.3, -0.25) is 0 Å². The van der Waals surface area contributed by atoms with E-state index in [0.29, 0.717) is 5.89 Å². The van der Waals surface area contributed by atoms with E-state index in [4.69, 9.17) is 16.6 Å². The smallest absolute Gasteiger partial charge is 0.192 e. The van der Waals surface area contributed by atoms with Gasteiger partial charge in [0.15, 0.2) is 15.4 Å². The molecule has 0 radical (unpaired) electrons. The Morgan fingerprint density at radius 2 is 2.31 bits per heavy atom. The molecule has 0 bridgehead atoms. The lowest BCUT2D eigenvalue weighted by Crippen LogP contribution is -1.77. The van der Waals surface area contributed by atoms with Gasteiger partial charge in [-0.1, -0.05) is 0 Å². The van der Waals surface area contributed by atoms with Crippen LogP contribution in [0.5, 0.6) is 0 Å². The molecule has 1 N–H and O–H groups in total. The van der Waals surface area contributed by atoms with Gasteiger partial charge in [-0.2, -0.15) is 0 Å². The maximum Gasteiger partial charge on any atom is 0.192 e. The molecule has 0 amide bonds. The average molecular weight is 248 g/mol. The minimum absolute atomic E-state index is 0.686. The molecule has 0 spiro atoms.